The number of imidazole rings is 1. The van der Waals surface area contributed by atoms with E-state index in [2.05, 4.69) is 27.0 Å². The average molecular weight is 312 g/mol. The third-order valence-electron chi connectivity index (χ3n) is 3.09. The van der Waals surface area contributed by atoms with Crippen molar-refractivity contribution in [3.05, 3.63) is 58.3 Å². The van der Waals surface area contributed by atoms with Gasteiger partial charge in [0.2, 0.25) is 0 Å². The first-order chi connectivity index (χ1) is 9.20. The number of rotatable bonds is 1. The molecule has 0 amide bonds. The van der Waals surface area contributed by atoms with Crippen LogP contribution < -0.4 is 0 Å². The largest absolute Gasteiger partial charge is 0.297 e. The van der Waals surface area contributed by atoms with Crippen molar-refractivity contribution >= 4 is 21.4 Å². The van der Waals surface area contributed by atoms with Crippen molar-refractivity contribution in [2.45, 2.75) is 6.92 Å². The molecule has 3 rings (SSSR count). The molecule has 0 bridgehead atoms. The molecule has 0 aliphatic carbocycles. The van der Waals surface area contributed by atoms with Crippen LogP contribution >= 0.6 is 15.9 Å². The molecule has 2 aromatic heterocycles. The second kappa shape index (κ2) is 4.52. The fourth-order valence-electron chi connectivity index (χ4n) is 2.16. The summed E-state index contributed by atoms with van der Waals surface area (Å²) in [6.07, 6.45) is 1.94. The summed E-state index contributed by atoms with van der Waals surface area (Å²) < 4.78 is 2.90. The number of hydrogen-bond donors (Lipinski definition) is 0. The van der Waals surface area contributed by atoms with Crippen molar-refractivity contribution < 1.29 is 0 Å². The van der Waals surface area contributed by atoms with Crippen LogP contribution in [0.1, 0.15) is 11.3 Å². The number of nitriles is 1. The van der Waals surface area contributed by atoms with Crippen molar-refractivity contribution in [1.82, 2.24) is 9.38 Å². The maximum Gasteiger partial charge on any atom is 0.166 e. The second-order valence-corrected chi connectivity index (χ2v) is 5.23. The van der Waals surface area contributed by atoms with Crippen molar-refractivity contribution in [2.24, 2.45) is 0 Å². The molecule has 0 saturated carbocycles. The highest BCUT2D eigenvalue weighted by Gasteiger charge is 2.13. The average Bonchev–Trinajstić information content (AvgIpc) is 2.77. The maximum atomic E-state index is 9.20. The summed E-state index contributed by atoms with van der Waals surface area (Å²) in [7, 11) is 0. The number of benzene rings is 1. The monoisotopic (exact) mass is 311 g/mol. The van der Waals surface area contributed by atoms with Crippen LogP contribution in [-0.2, 0) is 0 Å². The quantitative estimate of drug-likeness (QED) is 0.683. The molecule has 3 nitrogen and oxygen atoms in total. The summed E-state index contributed by atoms with van der Waals surface area (Å²) in [6.45, 7) is 2.04. The molecule has 0 spiro atoms. The lowest BCUT2D eigenvalue weighted by atomic mass is 10.1. The molecule has 3 aromatic rings. The van der Waals surface area contributed by atoms with Gasteiger partial charge in [-0.05, 0) is 40.5 Å². The van der Waals surface area contributed by atoms with Crippen LogP contribution in [0.25, 0.3) is 16.9 Å². The Bertz CT molecular complexity index is 812. The molecule has 0 radical (unpaired) electrons. The van der Waals surface area contributed by atoms with Crippen LogP contribution in [0.2, 0.25) is 0 Å². The fourth-order valence-corrected chi connectivity index (χ4v) is 2.49. The number of aryl methyl sites for hydroxylation is 1. The Balaban J connectivity index is 2.39. The van der Waals surface area contributed by atoms with Gasteiger partial charge in [0.05, 0.1) is 5.52 Å². The van der Waals surface area contributed by atoms with Crippen LogP contribution in [-0.4, -0.2) is 9.38 Å². The van der Waals surface area contributed by atoms with Gasteiger partial charge in [-0.3, -0.25) is 4.40 Å². The Morgan fingerprint density at radius 1 is 1.21 bits per heavy atom. The molecule has 4 heteroatoms. The van der Waals surface area contributed by atoms with E-state index in [1.165, 1.54) is 0 Å². The van der Waals surface area contributed by atoms with Gasteiger partial charge < -0.3 is 0 Å². The van der Waals surface area contributed by atoms with Gasteiger partial charge in [-0.2, -0.15) is 5.26 Å². The molecule has 0 atom stereocenters. The van der Waals surface area contributed by atoms with E-state index in [1.807, 2.05) is 53.9 Å². The zero-order valence-electron chi connectivity index (χ0n) is 10.3. The first-order valence-electron chi connectivity index (χ1n) is 5.84. The number of aromatic nitrogens is 2. The number of halogens is 1. The Kier molecular flexibility index (Phi) is 2.84. The summed E-state index contributed by atoms with van der Waals surface area (Å²) in [5, 5.41) is 9.20. The molecule has 0 saturated heterocycles. The molecule has 1 aromatic carbocycles. The van der Waals surface area contributed by atoms with E-state index in [9.17, 15) is 5.26 Å². The number of pyridine rings is 1. The molecule has 0 aliphatic rings. The molecule has 2 heterocycles. The summed E-state index contributed by atoms with van der Waals surface area (Å²) in [4.78, 5) is 4.46. The Labute approximate surface area is 119 Å². The minimum Gasteiger partial charge on any atom is -0.297 e. The first-order valence-corrected chi connectivity index (χ1v) is 6.63. The Morgan fingerprint density at radius 3 is 2.74 bits per heavy atom. The van der Waals surface area contributed by atoms with Crippen LogP contribution in [0.5, 0.6) is 0 Å². The lowest BCUT2D eigenvalue weighted by Crippen LogP contribution is -1.91. The van der Waals surface area contributed by atoms with Crippen molar-refractivity contribution in [2.75, 3.05) is 0 Å². The first kappa shape index (κ1) is 11.9. The van der Waals surface area contributed by atoms with E-state index >= 15 is 0 Å². The van der Waals surface area contributed by atoms with E-state index in [-0.39, 0.29) is 0 Å². The molecule has 0 fully saturated rings. The molecule has 0 unspecified atom stereocenters. The van der Waals surface area contributed by atoms with Crippen molar-refractivity contribution in [1.29, 1.82) is 5.26 Å². The minimum absolute atomic E-state index is 0.450. The second-order valence-electron chi connectivity index (χ2n) is 4.31. The smallest absolute Gasteiger partial charge is 0.166 e. The molecule has 0 N–H and O–H groups in total. The summed E-state index contributed by atoms with van der Waals surface area (Å²) in [6, 6.07) is 14.0. The van der Waals surface area contributed by atoms with E-state index in [1.54, 1.807) is 0 Å². The zero-order valence-corrected chi connectivity index (χ0v) is 11.8. The van der Waals surface area contributed by atoms with E-state index in [4.69, 9.17) is 0 Å². The lowest BCUT2D eigenvalue weighted by molar-refractivity contribution is 1.15. The SMILES string of the molecule is Cc1ccccc1-c1nc(C#N)c2ccc(Br)cn12. The standard InChI is InChI=1S/C15H10BrN3/c1-10-4-2-3-5-12(10)15-18-13(8-17)14-7-6-11(16)9-19(14)15/h2-7,9H,1H3. The molecule has 19 heavy (non-hydrogen) atoms. The zero-order chi connectivity index (χ0) is 13.4. The topological polar surface area (TPSA) is 41.1 Å². The highest BCUT2D eigenvalue weighted by molar-refractivity contribution is 9.10. The lowest BCUT2D eigenvalue weighted by Gasteiger charge is -2.04. The van der Waals surface area contributed by atoms with Crippen LogP contribution in [0.4, 0.5) is 0 Å². The van der Waals surface area contributed by atoms with Gasteiger partial charge in [0.25, 0.3) is 0 Å². The van der Waals surface area contributed by atoms with E-state index in [0.29, 0.717) is 5.69 Å². The van der Waals surface area contributed by atoms with Gasteiger partial charge in [0.15, 0.2) is 5.69 Å². The highest BCUT2D eigenvalue weighted by atomic mass is 79.9. The van der Waals surface area contributed by atoms with Gasteiger partial charge in [-0.25, -0.2) is 4.98 Å². The van der Waals surface area contributed by atoms with Crippen LogP contribution in [0.15, 0.2) is 47.1 Å². The summed E-state index contributed by atoms with van der Waals surface area (Å²) >= 11 is 3.46. The third-order valence-corrected chi connectivity index (χ3v) is 3.56. The van der Waals surface area contributed by atoms with Gasteiger partial charge in [-0.15, -0.1) is 0 Å². The van der Waals surface area contributed by atoms with Gasteiger partial charge in [0, 0.05) is 16.2 Å². The minimum atomic E-state index is 0.450. The highest BCUT2D eigenvalue weighted by Crippen LogP contribution is 2.26. The van der Waals surface area contributed by atoms with Gasteiger partial charge in [-0.1, -0.05) is 24.3 Å². The van der Waals surface area contributed by atoms with E-state index in [0.717, 1.165) is 26.9 Å². The number of fused-ring (bicyclic) bond motifs is 1. The summed E-state index contributed by atoms with van der Waals surface area (Å²) in [5.41, 5.74) is 3.45. The van der Waals surface area contributed by atoms with Crippen LogP contribution in [0.3, 0.4) is 0 Å². The molecular weight excluding hydrogens is 302 g/mol. The predicted molar refractivity (Wildman–Crippen MR) is 77.8 cm³/mol. The molecule has 0 aliphatic heterocycles. The normalized spacial score (nSPS) is 10.6. The third kappa shape index (κ3) is 1.92. The fraction of sp³-hybridized carbons (Fsp3) is 0.0667. The number of nitrogens with zero attached hydrogens (tertiary/aromatic N) is 3. The van der Waals surface area contributed by atoms with Gasteiger partial charge >= 0.3 is 0 Å². The van der Waals surface area contributed by atoms with Crippen molar-refractivity contribution in [3.63, 3.8) is 0 Å². The predicted octanol–water partition coefficient (Wildman–Crippen LogP) is 3.94. The Hall–Kier alpha value is -2.12. The Morgan fingerprint density at radius 2 is 2.00 bits per heavy atom. The van der Waals surface area contributed by atoms with Crippen LogP contribution in [0, 0.1) is 18.3 Å². The molecule has 92 valence electrons. The molecular formula is C15H10BrN3. The maximum absolute atomic E-state index is 9.20. The van der Waals surface area contributed by atoms with E-state index < -0.39 is 0 Å². The summed E-state index contributed by atoms with van der Waals surface area (Å²) in [5.74, 6) is 0.797. The van der Waals surface area contributed by atoms with Crippen molar-refractivity contribution in [3.8, 4) is 17.5 Å². The number of hydrogen-bond acceptors (Lipinski definition) is 2. The van der Waals surface area contributed by atoms with Gasteiger partial charge in [0.1, 0.15) is 11.9 Å².